The van der Waals surface area contributed by atoms with Gasteiger partial charge in [0.2, 0.25) is 0 Å². The van der Waals surface area contributed by atoms with E-state index < -0.39 is 0 Å². The Morgan fingerprint density at radius 2 is 1.82 bits per heavy atom. The molecule has 1 atom stereocenters. The zero-order chi connectivity index (χ0) is 16.4. The number of halogens is 1. The van der Waals surface area contributed by atoms with E-state index in [1.165, 1.54) is 12.8 Å². The van der Waals surface area contributed by atoms with Gasteiger partial charge in [-0.2, -0.15) is 0 Å². The van der Waals surface area contributed by atoms with E-state index in [9.17, 15) is 0 Å². The summed E-state index contributed by atoms with van der Waals surface area (Å²) in [6, 6.07) is 7.70. The standard InChI is InChI=1S/C9H16O2.C7H7BrO.C2H6/c1-2-9(8-3-4-8)7-10-5-6-11-9;1-9-7-4-2-6(8)3-5-7;1-2/h8H,2-7H2,1H3;2-5H,1H3;1-2H3. The molecule has 1 unspecified atom stereocenters. The monoisotopic (exact) mass is 372 g/mol. The molecule has 126 valence electrons. The minimum Gasteiger partial charge on any atom is -0.497 e. The van der Waals surface area contributed by atoms with Crippen LogP contribution in [0.2, 0.25) is 0 Å². The fourth-order valence-electron chi connectivity index (χ4n) is 2.50. The molecule has 1 saturated carbocycles. The molecule has 0 spiro atoms. The van der Waals surface area contributed by atoms with Gasteiger partial charge in [-0.1, -0.05) is 36.7 Å². The molecule has 1 heterocycles. The predicted molar refractivity (Wildman–Crippen MR) is 94.6 cm³/mol. The van der Waals surface area contributed by atoms with Crippen LogP contribution in [0.5, 0.6) is 5.75 Å². The average molecular weight is 373 g/mol. The summed E-state index contributed by atoms with van der Waals surface area (Å²) in [5.74, 6) is 1.69. The van der Waals surface area contributed by atoms with Gasteiger partial charge in [0.15, 0.2) is 0 Å². The van der Waals surface area contributed by atoms with Crippen LogP contribution >= 0.6 is 15.9 Å². The fourth-order valence-corrected chi connectivity index (χ4v) is 2.76. The first kappa shape index (κ1) is 19.5. The number of hydrogen-bond donors (Lipinski definition) is 0. The number of methoxy groups -OCH3 is 1. The second kappa shape index (κ2) is 10.2. The van der Waals surface area contributed by atoms with Crippen LogP contribution in [0.3, 0.4) is 0 Å². The van der Waals surface area contributed by atoms with Gasteiger partial charge in [0.05, 0.1) is 32.5 Å². The maximum Gasteiger partial charge on any atom is 0.118 e. The molecule has 1 aromatic rings. The van der Waals surface area contributed by atoms with E-state index >= 15 is 0 Å². The fraction of sp³-hybridized carbons (Fsp3) is 0.667. The highest BCUT2D eigenvalue weighted by Gasteiger charge is 2.46. The number of hydrogen-bond acceptors (Lipinski definition) is 3. The lowest BCUT2D eigenvalue weighted by Crippen LogP contribution is -2.44. The Kier molecular flexibility index (Phi) is 9.06. The van der Waals surface area contributed by atoms with Crippen molar-refractivity contribution in [2.45, 2.75) is 45.6 Å². The second-order valence-electron chi connectivity index (χ2n) is 5.25. The minimum atomic E-state index is 0.109. The molecule has 22 heavy (non-hydrogen) atoms. The predicted octanol–water partition coefficient (Wildman–Crippen LogP) is 5.08. The van der Waals surface area contributed by atoms with Gasteiger partial charge in [-0.05, 0) is 49.4 Å². The summed E-state index contributed by atoms with van der Waals surface area (Å²) in [5, 5.41) is 0. The van der Waals surface area contributed by atoms with Crippen molar-refractivity contribution in [2.24, 2.45) is 5.92 Å². The molecule has 1 aliphatic heterocycles. The maximum atomic E-state index is 5.81. The molecule has 0 aromatic heterocycles. The highest BCUT2D eigenvalue weighted by atomic mass is 79.9. The molecule has 0 amide bonds. The quantitative estimate of drug-likeness (QED) is 0.740. The van der Waals surface area contributed by atoms with Crippen molar-refractivity contribution in [3.8, 4) is 5.75 Å². The van der Waals surface area contributed by atoms with Gasteiger partial charge in [-0.25, -0.2) is 0 Å². The number of ether oxygens (including phenoxy) is 3. The SMILES string of the molecule is CC.CCC1(C2CC2)COCCO1.COc1ccc(Br)cc1. The maximum absolute atomic E-state index is 5.81. The van der Waals surface area contributed by atoms with Crippen LogP contribution in [0.4, 0.5) is 0 Å². The zero-order valence-electron chi connectivity index (χ0n) is 14.2. The summed E-state index contributed by atoms with van der Waals surface area (Å²) in [7, 11) is 1.66. The molecule has 2 fully saturated rings. The van der Waals surface area contributed by atoms with Gasteiger partial charge in [0.25, 0.3) is 0 Å². The van der Waals surface area contributed by atoms with Crippen LogP contribution in [0.1, 0.15) is 40.0 Å². The van der Waals surface area contributed by atoms with E-state index in [1.54, 1.807) is 7.11 Å². The molecule has 1 aliphatic carbocycles. The van der Waals surface area contributed by atoms with Crippen molar-refractivity contribution in [2.75, 3.05) is 26.9 Å². The van der Waals surface area contributed by atoms with E-state index in [4.69, 9.17) is 14.2 Å². The first-order valence-corrected chi connectivity index (χ1v) is 9.01. The van der Waals surface area contributed by atoms with Gasteiger partial charge in [0.1, 0.15) is 5.75 Å². The second-order valence-corrected chi connectivity index (χ2v) is 6.17. The molecule has 0 bridgehead atoms. The van der Waals surface area contributed by atoms with Crippen molar-refractivity contribution in [1.82, 2.24) is 0 Å². The van der Waals surface area contributed by atoms with E-state index in [1.807, 2.05) is 38.1 Å². The van der Waals surface area contributed by atoms with Crippen LogP contribution in [0.15, 0.2) is 28.7 Å². The molecule has 3 rings (SSSR count). The molecule has 4 heteroatoms. The van der Waals surface area contributed by atoms with E-state index in [0.29, 0.717) is 0 Å². The third-order valence-electron chi connectivity index (χ3n) is 3.93. The van der Waals surface area contributed by atoms with E-state index in [0.717, 1.165) is 42.4 Å². The van der Waals surface area contributed by atoms with Crippen LogP contribution in [0, 0.1) is 5.92 Å². The largest absolute Gasteiger partial charge is 0.497 e. The Balaban J connectivity index is 0.000000202. The lowest BCUT2D eigenvalue weighted by atomic mass is 9.95. The summed E-state index contributed by atoms with van der Waals surface area (Å²) in [6.45, 7) is 8.61. The minimum absolute atomic E-state index is 0.109. The molecular weight excluding hydrogens is 344 g/mol. The molecule has 0 N–H and O–H groups in total. The Bertz CT molecular complexity index is 395. The van der Waals surface area contributed by atoms with E-state index in [2.05, 4.69) is 22.9 Å². The molecular formula is C18H29BrO3. The zero-order valence-corrected chi connectivity index (χ0v) is 15.8. The topological polar surface area (TPSA) is 27.7 Å². The third kappa shape index (κ3) is 5.90. The van der Waals surface area contributed by atoms with Crippen LogP contribution in [0.25, 0.3) is 0 Å². The first-order valence-electron chi connectivity index (χ1n) is 8.21. The summed E-state index contributed by atoms with van der Waals surface area (Å²) in [6.07, 6.45) is 3.80. The molecule has 3 nitrogen and oxygen atoms in total. The normalized spacial score (nSPS) is 23.5. The van der Waals surface area contributed by atoms with Gasteiger partial charge >= 0.3 is 0 Å². The third-order valence-corrected chi connectivity index (χ3v) is 4.46. The van der Waals surface area contributed by atoms with Crippen molar-refractivity contribution in [3.05, 3.63) is 28.7 Å². The Labute approximate surface area is 143 Å². The van der Waals surface area contributed by atoms with Gasteiger partial charge in [-0.15, -0.1) is 0 Å². The first-order chi connectivity index (χ1) is 10.7. The number of rotatable bonds is 3. The Hall–Kier alpha value is -0.580. The molecule has 2 aliphatic rings. The van der Waals surface area contributed by atoms with Crippen molar-refractivity contribution >= 4 is 15.9 Å². The molecule has 1 aromatic carbocycles. The summed E-state index contributed by atoms with van der Waals surface area (Å²) >= 11 is 3.32. The highest BCUT2D eigenvalue weighted by molar-refractivity contribution is 9.10. The number of benzene rings is 1. The Morgan fingerprint density at radius 1 is 1.18 bits per heavy atom. The molecule has 1 saturated heterocycles. The highest BCUT2D eigenvalue weighted by Crippen LogP contribution is 2.44. The molecule has 0 radical (unpaired) electrons. The Morgan fingerprint density at radius 3 is 2.23 bits per heavy atom. The van der Waals surface area contributed by atoms with Gasteiger partial charge in [-0.3, -0.25) is 0 Å². The lowest BCUT2D eigenvalue weighted by Gasteiger charge is -2.36. The van der Waals surface area contributed by atoms with Crippen LogP contribution in [-0.4, -0.2) is 32.5 Å². The summed E-state index contributed by atoms with van der Waals surface area (Å²) in [5.41, 5.74) is 0.109. The van der Waals surface area contributed by atoms with Crippen LogP contribution in [-0.2, 0) is 9.47 Å². The van der Waals surface area contributed by atoms with Crippen molar-refractivity contribution in [1.29, 1.82) is 0 Å². The summed E-state index contributed by atoms with van der Waals surface area (Å²) < 4.78 is 17.3. The summed E-state index contributed by atoms with van der Waals surface area (Å²) in [4.78, 5) is 0. The van der Waals surface area contributed by atoms with Crippen LogP contribution < -0.4 is 4.74 Å². The lowest BCUT2D eigenvalue weighted by molar-refractivity contribution is -0.169. The van der Waals surface area contributed by atoms with E-state index in [-0.39, 0.29) is 5.60 Å². The average Bonchev–Trinajstić information content (AvgIpc) is 3.44. The van der Waals surface area contributed by atoms with Crippen molar-refractivity contribution < 1.29 is 14.2 Å². The van der Waals surface area contributed by atoms with Gasteiger partial charge in [0, 0.05) is 4.47 Å². The smallest absolute Gasteiger partial charge is 0.118 e. The van der Waals surface area contributed by atoms with Gasteiger partial charge < -0.3 is 14.2 Å². The van der Waals surface area contributed by atoms with Crippen molar-refractivity contribution in [3.63, 3.8) is 0 Å².